The van der Waals surface area contributed by atoms with E-state index >= 15 is 0 Å². The molecule has 130 valence electrons. The fraction of sp³-hybridized carbons (Fsp3) is 0.250. The molecule has 0 saturated carbocycles. The number of imide groups is 1. The first kappa shape index (κ1) is 18.4. The van der Waals surface area contributed by atoms with Crippen molar-refractivity contribution < 1.29 is 14.4 Å². The van der Waals surface area contributed by atoms with Crippen LogP contribution in [-0.2, 0) is 4.79 Å². The Hall–Kier alpha value is -2.95. The van der Waals surface area contributed by atoms with E-state index in [4.69, 9.17) is 0 Å². The molecule has 0 N–H and O–H groups in total. The Morgan fingerprint density at radius 1 is 0.840 bits per heavy atom. The Morgan fingerprint density at radius 2 is 1.32 bits per heavy atom. The fourth-order valence-corrected chi connectivity index (χ4v) is 2.63. The van der Waals surface area contributed by atoms with Gasteiger partial charge in [0.1, 0.15) is 0 Å². The maximum absolute atomic E-state index is 12.6. The predicted molar refractivity (Wildman–Crippen MR) is 99.3 cm³/mol. The van der Waals surface area contributed by atoms with Crippen LogP contribution in [0.25, 0.3) is 0 Å². The van der Waals surface area contributed by atoms with E-state index in [1.54, 1.807) is 36.4 Å². The third-order valence-corrected chi connectivity index (χ3v) is 4.12. The molecule has 0 saturated heterocycles. The highest BCUT2D eigenvalue weighted by Gasteiger charge is 2.17. The lowest BCUT2D eigenvalue weighted by molar-refractivity contribution is -0.106. The molecular formula is C20H22N2O3. The highest BCUT2D eigenvalue weighted by Crippen LogP contribution is 2.21. The molecule has 0 atom stereocenters. The van der Waals surface area contributed by atoms with Crippen LogP contribution < -0.4 is 9.80 Å². The monoisotopic (exact) mass is 338 g/mol. The summed E-state index contributed by atoms with van der Waals surface area (Å²) in [4.78, 5) is 38.6. The number of hydrogen-bond acceptors (Lipinski definition) is 4. The Labute approximate surface area is 147 Å². The molecule has 0 heterocycles. The fourth-order valence-electron chi connectivity index (χ4n) is 2.63. The van der Waals surface area contributed by atoms with Crippen LogP contribution in [0.3, 0.4) is 0 Å². The van der Waals surface area contributed by atoms with Gasteiger partial charge in [-0.05, 0) is 57.2 Å². The van der Waals surface area contributed by atoms with Crippen LogP contribution in [0, 0.1) is 0 Å². The maximum atomic E-state index is 12.6. The summed E-state index contributed by atoms with van der Waals surface area (Å²) >= 11 is 0. The lowest BCUT2D eigenvalue weighted by atomic mass is 10.1. The van der Waals surface area contributed by atoms with Crippen LogP contribution in [0.5, 0.6) is 0 Å². The van der Waals surface area contributed by atoms with Crippen LogP contribution in [0.15, 0.2) is 48.5 Å². The smallest absolute Gasteiger partial charge is 0.264 e. The summed E-state index contributed by atoms with van der Waals surface area (Å²) in [6, 6.07) is 13.6. The molecule has 0 aliphatic heterocycles. The number of nitrogens with zero attached hydrogens (tertiary/aromatic N) is 2. The van der Waals surface area contributed by atoms with Crippen molar-refractivity contribution >= 4 is 29.5 Å². The molecule has 0 spiro atoms. The summed E-state index contributed by atoms with van der Waals surface area (Å²) < 4.78 is 0. The topological polar surface area (TPSA) is 57.7 Å². The zero-order chi connectivity index (χ0) is 18.4. The summed E-state index contributed by atoms with van der Waals surface area (Å²) in [6.07, 6.45) is 0.508. The van der Waals surface area contributed by atoms with Crippen LogP contribution >= 0.6 is 0 Å². The molecule has 0 aliphatic rings. The number of anilines is 2. The van der Waals surface area contributed by atoms with E-state index < -0.39 is 5.91 Å². The van der Waals surface area contributed by atoms with Crippen molar-refractivity contribution in [2.75, 3.05) is 22.9 Å². The number of amides is 2. The van der Waals surface area contributed by atoms with Gasteiger partial charge < -0.3 is 4.90 Å². The van der Waals surface area contributed by atoms with Gasteiger partial charge in [-0.15, -0.1) is 0 Å². The number of carbonyl (C=O) groups excluding carboxylic acids is 3. The lowest BCUT2D eigenvalue weighted by Gasteiger charge is -2.22. The van der Waals surface area contributed by atoms with E-state index in [1.165, 1.54) is 6.92 Å². The van der Waals surface area contributed by atoms with Gasteiger partial charge >= 0.3 is 0 Å². The summed E-state index contributed by atoms with van der Waals surface area (Å²) in [5, 5.41) is 0. The molecule has 5 heteroatoms. The van der Waals surface area contributed by atoms with E-state index in [1.807, 2.05) is 12.1 Å². The molecular weight excluding hydrogens is 316 g/mol. The minimum atomic E-state index is -0.430. The number of Topliss-reactive ketones (excluding diaryl/α,β-unsaturated/α-hetero) is 1. The van der Waals surface area contributed by atoms with E-state index in [2.05, 4.69) is 18.7 Å². The van der Waals surface area contributed by atoms with Gasteiger partial charge in [-0.2, -0.15) is 0 Å². The second-order valence-electron chi connectivity index (χ2n) is 5.60. The quantitative estimate of drug-likeness (QED) is 0.572. The van der Waals surface area contributed by atoms with Crippen molar-refractivity contribution in [2.24, 2.45) is 0 Å². The summed E-state index contributed by atoms with van der Waals surface area (Å²) in [5.41, 5.74) is 2.42. The Balaban J connectivity index is 2.24. The second-order valence-corrected chi connectivity index (χ2v) is 5.60. The molecule has 2 aromatic carbocycles. The lowest BCUT2D eigenvalue weighted by Crippen LogP contribution is -2.29. The first-order valence-electron chi connectivity index (χ1n) is 8.26. The van der Waals surface area contributed by atoms with Crippen LogP contribution in [0.2, 0.25) is 0 Å². The van der Waals surface area contributed by atoms with Gasteiger partial charge in [-0.25, -0.2) is 4.90 Å². The molecule has 0 fully saturated rings. The van der Waals surface area contributed by atoms with E-state index in [0.717, 1.165) is 23.7 Å². The Morgan fingerprint density at radius 3 is 1.76 bits per heavy atom. The first-order chi connectivity index (χ1) is 12.0. The Kier molecular flexibility index (Phi) is 6.06. The zero-order valence-corrected chi connectivity index (χ0v) is 14.7. The summed E-state index contributed by atoms with van der Waals surface area (Å²) in [7, 11) is 0. The summed E-state index contributed by atoms with van der Waals surface area (Å²) in [5.74, 6) is -0.501. The van der Waals surface area contributed by atoms with Crippen LogP contribution in [0.4, 0.5) is 11.4 Å². The van der Waals surface area contributed by atoms with Crippen molar-refractivity contribution in [3.8, 4) is 0 Å². The highest BCUT2D eigenvalue weighted by molar-refractivity contribution is 6.15. The second kappa shape index (κ2) is 8.24. The van der Waals surface area contributed by atoms with Gasteiger partial charge in [-0.1, -0.05) is 12.1 Å². The van der Waals surface area contributed by atoms with Gasteiger partial charge in [0.15, 0.2) is 5.78 Å². The first-order valence-corrected chi connectivity index (χ1v) is 8.26. The molecule has 0 unspecified atom stereocenters. The summed E-state index contributed by atoms with van der Waals surface area (Å²) in [6.45, 7) is 7.38. The number of benzene rings is 2. The van der Waals surface area contributed by atoms with Gasteiger partial charge in [0.25, 0.3) is 5.91 Å². The van der Waals surface area contributed by atoms with Gasteiger partial charge in [0.2, 0.25) is 6.41 Å². The molecule has 2 aromatic rings. The van der Waals surface area contributed by atoms with Crippen molar-refractivity contribution in [2.45, 2.75) is 20.8 Å². The van der Waals surface area contributed by atoms with Gasteiger partial charge in [-0.3, -0.25) is 14.4 Å². The molecule has 2 rings (SSSR count). The molecule has 0 aromatic heterocycles. The molecule has 0 bridgehead atoms. The minimum Gasteiger partial charge on any atom is -0.372 e. The standard InChI is InChI=1S/C20H22N2O3/c1-4-21(5-2)18-10-12-19(13-11-18)22(14-23)20(25)17-8-6-16(7-9-17)15(3)24/h6-14H,4-5H2,1-3H3. The van der Waals surface area contributed by atoms with E-state index in [0.29, 0.717) is 23.2 Å². The van der Waals surface area contributed by atoms with Gasteiger partial charge in [0.05, 0.1) is 5.69 Å². The third-order valence-electron chi connectivity index (χ3n) is 4.12. The predicted octanol–water partition coefficient (Wildman–Crippen LogP) is 3.54. The zero-order valence-electron chi connectivity index (χ0n) is 14.7. The number of hydrogen-bond donors (Lipinski definition) is 0. The largest absolute Gasteiger partial charge is 0.372 e. The van der Waals surface area contributed by atoms with Crippen LogP contribution in [-0.4, -0.2) is 31.2 Å². The van der Waals surface area contributed by atoms with Crippen molar-refractivity contribution in [3.63, 3.8) is 0 Å². The third kappa shape index (κ3) is 4.12. The molecule has 2 amide bonds. The van der Waals surface area contributed by atoms with Crippen molar-refractivity contribution in [3.05, 3.63) is 59.7 Å². The van der Waals surface area contributed by atoms with Gasteiger partial charge in [0, 0.05) is 29.9 Å². The van der Waals surface area contributed by atoms with E-state index in [9.17, 15) is 14.4 Å². The van der Waals surface area contributed by atoms with Crippen molar-refractivity contribution in [1.29, 1.82) is 0 Å². The maximum Gasteiger partial charge on any atom is 0.264 e. The van der Waals surface area contributed by atoms with E-state index in [-0.39, 0.29) is 5.78 Å². The number of rotatable bonds is 7. The molecule has 25 heavy (non-hydrogen) atoms. The average molecular weight is 338 g/mol. The Bertz CT molecular complexity index is 748. The average Bonchev–Trinajstić information content (AvgIpc) is 2.64. The van der Waals surface area contributed by atoms with Crippen molar-refractivity contribution in [1.82, 2.24) is 0 Å². The molecule has 0 radical (unpaired) electrons. The minimum absolute atomic E-state index is 0.0711. The molecule has 0 aliphatic carbocycles. The SMILES string of the molecule is CCN(CC)c1ccc(N(C=O)C(=O)c2ccc(C(C)=O)cc2)cc1. The molecule has 5 nitrogen and oxygen atoms in total. The number of ketones is 1. The van der Waals surface area contributed by atoms with Crippen LogP contribution in [0.1, 0.15) is 41.5 Å². The highest BCUT2D eigenvalue weighted by atomic mass is 16.2. The normalized spacial score (nSPS) is 10.2. The number of carbonyl (C=O) groups is 3.